The van der Waals surface area contributed by atoms with E-state index in [1.54, 1.807) is 6.33 Å². The van der Waals surface area contributed by atoms with E-state index in [4.69, 9.17) is 9.72 Å². The highest BCUT2D eigenvalue weighted by molar-refractivity contribution is 5.83. The van der Waals surface area contributed by atoms with Crippen molar-refractivity contribution in [1.82, 2.24) is 24.8 Å². The molecule has 0 bridgehead atoms. The molecule has 29 heavy (non-hydrogen) atoms. The van der Waals surface area contributed by atoms with Crippen molar-refractivity contribution in [3.05, 3.63) is 42.2 Å². The molecule has 152 valence electrons. The molecule has 2 N–H and O–H groups in total. The van der Waals surface area contributed by atoms with Crippen LogP contribution in [0.5, 0.6) is 0 Å². The second-order valence-electron chi connectivity index (χ2n) is 7.75. The average Bonchev–Trinajstić information content (AvgIpc) is 3.26. The number of aromatic amines is 1. The van der Waals surface area contributed by atoms with Crippen molar-refractivity contribution in [3.63, 3.8) is 0 Å². The largest absolute Gasteiger partial charge is 0.378 e. The Labute approximate surface area is 170 Å². The number of nitrogens with zero attached hydrogens (tertiary/aromatic N) is 5. The van der Waals surface area contributed by atoms with Crippen LogP contribution in [-0.4, -0.2) is 70.3 Å². The van der Waals surface area contributed by atoms with Crippen LogP contribution in [0.15, 0.2) is 36.7 Å². The molecular formula is C21H27N7O. The average molecular weight is 393 g/mol. The predicted molar refractivity (Wildman–Crippen MR) is 113 cm³/mol. The number of ether oxygens (including phenoxy) is 1. The molecule has 4 heterocycles. The second-order valence-corrected chi connectivity index (χ2v) is 7.75. The molecule has 3 aromatic rings. The van der Waals surface area contributed by atoms with Gasteiger partial charge in [-0.1, -0.05) is 30.3 Å². The van der Waals surface area contributed by atoms with Gasteiger partial charge in [-0.3, -0.25) is 4.90 Å². The van der Waals surface area contributed by atoms with Crippen LogP contribution in [0.3, 0.4) is 0 Å². The van der Waals surface area contributed by atoms with E-state index in [-0.39, 0.29) is 0 Å². The Kier molecular flexibility index (Phi) is 5.27. The molecule has 0 atom stereocenters. The number of hydrogen-bond donors (Lipinski definition) is 2. The maximum atomic E-state index is 5.46. The number of piperidine rings is 1. The molecule has 8 nitrogen and oxygen atoms in total. The molecular weight excluding hydrogens is 366 g/mol. The molecule has 0 amide bonds. The molecule has 1 aromatic carbocycles. The fourth-order valence-electron chi connectivity index (χ4n) is 4.10. The van der Waals surface area contributed by atoms with Gasteiger partial charge in [0.15, 0.2) is 11.5 Å². The minimum atomic E-state index is 0.404. The normalized spacial score (nSPS) is 19.0. The monoisotopic (exact) mass is 393 g/mol. The molecule has 2 saturated heterocycles. The first-order chi connectivity index (χ1) is 14.3. The summed E-state index contributed by atoms with van der Waals surface area (Å²) in [6.07, 6.45) is 3.88. The maximum Gasteiger partial charge on any atom is 0.229 e. The first-order valence-corrected chi connectivity index (χ1v) is 10.4. The van der Waals surface area contributed by atoms with Crippen molar-refractivity contribution in [2.75, 3.05) is 49.6 Å². The Morgan fingerprint density at radius 2 is 1.83 bits per heavy atom. The van der Waals surface area contributed by atoms with Crippen molar-refractivity contribution in [1.29, 1.82) is 0 Å². The summed E-state index contributed by atoms with van der Waals surface area (Å²) < 4.78 is 5.46. The topological polar surface area (TPSA) is 82.2 Å². The quantitative estimate of drug-likeness (QED) is 0.688. The number of morpholine rings is 1. The van der Waals surface area contributed by atoms with E-state index >= 15 is 0 Å². The zero-order chi connectivity index (χ0) is 19.5. The summed E-state index contributed by atoms with van der Waals surface area (Å²) in [7, 11) is 0. The fourth-order valence-corrected chi connectivity index (χ4v) is 4.10. The molecule has 0 radical (unpaired) electrons. The summed E-state index contributed by atoms with van der Waals surface area (Å²) >= 11 is 0. The second kappa shape index (κ2) is 8.34. The molecule has 0 aliphatic carbocycles. The lowest BCUT2D eigenvalue weighted by atomic mass is 10.0. The van der Waals surface area contributed by atoms with Gasteiger partial charge in [-0.05, 0) is 18.4 Å². The zero-order valence-corrected chi connectivity index (χ0v) is 16.5. The third kappa shape index (κ3) is 4.18. The molecule has 2 aromatic heterocycles. The number of fused-ring (bicyclic) bond motifs is 1. The van der Waals surface area contributed by atoms with E-state index in [1.165, 1.54) is 5.56 Å². The van der Waals surface area contributed by atoms with Crippen molar-refractivity contribution in [2.24, 2.45) is 0 Å². The Hall–Kier alpha value is -2.71. The Morgan fingerprint density at radius 1 is 1.03 bits per heavy atom. The zero-order valence-electron chi connectivity index (χ0n) is 16.5. The number of hydrogen-bond acceptors (Lipinski definition) is 7. The summed E-state index contributed by atoms with van der Waals surface area (Å²) in [4.78, 5) is 21.8. The highest BCUT2D eigenvalue weighted by Gasteiger charge is 2.22. The van der Waals surface area contributed by atoms with Gasteiger partial charge in [-0.25, -0.2) is 4.98 Å². The molecule has 0 saturated carbocycles. The molecule has 2 fully saturated rings. The molecule has 0 unspecified atom stereocenters. The number of aromatic nitrogens is 4. The van der Waals surface area contributed by atoms with E-state index in [9.17, 15) is 0 Å². The minimum Gasteiger partial charge on any atom is -0.378 e. The van der Waals surface area contributed by atoms with Crippen LogP contribution in [0.25, 0.3) is 11.2 Å². The van der Waals surface area contributed by atoms with Crippen molar-refractivity contribution >= 4 is 22.9 Å². The van der Waals surface area contributed by atoms with E-state index in [0.29, 0.717) is 24.9 Å². The van der Waals surface area contributed by atoms with Crippen LogP contribution >= 0.6 is 0 Å². The van der Waals surface area contributed by atoms with E-state index in [0.717, 1.165) is 62.8 Å². The van der Waals surface area contributed by atoms with Gasteiger partial charge in [0, 0.05) is 38.8 Å². The lowest BCUT2D eigenvalue weighted by molar-refractivity contribution is 0.122. The number of H-pyrrole nitrogens is 1. The molecule has 5 rings (SSSR count). The minimum absolute atomic E-state index is 0.404. The smallest absolute Gasteiger partial charge is 0.229 e. The summed E-state index contributed by atoms with van der Waals surface area (Å²) in [5, 5.41) is 3.67. The Bertz CT molecular complexity index is 931. The van der Waals surface area contributed by atoms with Crippen LogP contribution in [0.1, 0.15) is 18.4 Å². The summed E-state index contributed by atoms with van der Waals surface area (Å²) in [5.74, 6) is 1.59. The highest BCUT2D eigenvalue weighted by atomic mass is 16.5. The van der Waals surface area contributed by atoms with Gasteiger partial charge < -0.3 is 19.9 Å². The number of benzene rings is 1. The van der Waals surface area contributed by atoms with Gasteiger partial charge in [-0.15, -0.1) is 0 Å². The van der Waals surface area contributed by atoms with Gasteiger partial charge in [0.25, 0.3) is 0 Å². The van der Waals surface area contributed by atoms with Gasteiger partial charge in [0.2, 0.25) is 5.95 Å². The number of rotatable bonds is 5. The third-order valence-electron chi connectivity index (χ3n) is 5.75. The van der Waals surface area contributed by atoms with Gasteiger partial charge in [-0.2, -0.15) is 9.97 Å². The maximum absolute atomic E-state index is 5.46. The lowest BCUT2D eigenvalue weighted by Crippen LogP contribution is -2.39. The summed E-state index contributed by atoms with van der Waals surface area (Å²) in [5.41, 5.74) is 2.98. The molecule has 0 spiro atoms. The van der Waals surface area contributed by atoms with Gasteiger partial charge in [0.05, 0.1) is 19.5 Å². The predicted octanol–water partition coefficient (Wildman–Crippen LogP) is 2.27. The first-order valence-electron chi connectivity index (χ1n) is 10.4. The van der Waals surface area contributed by atoms with Crippen LogP contribution in [0, 0.1) is 0 Å². The number of likely N-dealkylation sites (tertiary alicyclic amines) is 1. The van der Waals surface area contributed by atoms with E-state index < -0.39 is 0 Å². The van der Waals surface area contributed by atoms with Gasteiger partial charge >= 0.3 is 0 Å². The number of imidazole rings is 1. The van der Waals surface area contributed by atoms with Crippen LogP contribution in [0.2, 0.25) is 0 Å². The SMILES string of the molecule is c1ccc(CN2CCC(Nc3nc(N4CCOCC4)nc4nc[nH]c34)CC2)cc1. The third-order valence-corrected chi connectivity index (χ3v) is 5.75. The molecule has 8 heteroatoms. The van der Waals surface area contributed by atoms with E-state index in [2.05, 4.69) is 60.4 Å². The number of nitrogens with one attached hydrogen (secondary N) is 2. The molecule has 2 aliphatic rings. The van der Waals surface area contributed by atoms with Gasteiger partial charge in [0.1, 0.15) is 5.52 Å². The Balaban J connectivity index is 1.26. The van der Waals surface area contributed by atoms with Crippen LogP contribution < -0.4 is 10.2 Å². The number of anilines is 2. The highest BCUT2D eigenvalue weighted by Crippen LogP contribution is 2.24. The van der Waals surface area contributed by atoms with E-state index in [1.807, 2.05) is 0 Å². The summed E-state index contributed by atoms with van der Waals surface area (Å²) in [6, 6.07) is 11.1. The first kappa shape index (κ1) is 18.3. The summed E-state index contributed by atoms with van der Waals surface area (Å²) in [6.45, 7) is 6.24. The molecule has 2 aliphatic heterocycles. The standard InChI is InChI=1S/C21H27N7O/c1-2-4-16(5-3-1)14-27-8-6-17(7-9-27)24-20-18-19(23-15-22-18)25-21(26-20)28-10-12-29-13-11-28/h1-5,15,17H,6-14H2,(H2,22,23,24,25,26). The van der Waals surface area contributed by atoms with Crippen molar-refractivity contribution in [2.45, 2.75) is 25.4 Å². The van der Waals surface area contributed by atoms with Crippen molar-refractivity contribution in [3.8, 4) is 0 Å². The van der Waals surface area contributed by atoms with Crippen molar-refractivity contribution < 1.29 is 4.74 Å². The fraction of sp³-hybridized carbons (Fsp3) is 0.476. The Morgan fingerprint density at radius 3 is 2.62 bits per heavy atom. The lowest BCUT2D eigenvalue weighted by Gasteiger charge is -2.33. The van der Waals surface area contributed by atoms with Crippen LogP contribution in [-0.2, 0) is 11.3 Å². The van der Waals surface area contributed by atoms with Crippen LogP contribution in [0.4, 0.5) is 11.8 Å².